The number of carbonyl (C=O) groups excluding carboxylic acids is 3. The fourth-order valence-electron chi connectivity index (χ4n) is 3.89. The summed E-state index contributed by atoms with van der Waals surface area (Å²) in [7, 11) is 0. The number of rotatable bonds is 8. The number of nitrogens with one attached hydrogen (secondary N) is 3. The number of hydrogen-bond donors (Lipinski definition) is 3. The summed E-state index contributed by atoms with van der Waals surface area (Å²) in [4.78, 5) is 37.2. The SMILES string of the molecule is O=C(CC[C@H]1NC(=O)c2ccccc2NC1=O)NCC[C@H](c1ccc(F)cc1)c1ccco1. The van der Waals surface area contributed by atoms with Gasteiger partial charge < -0.3 is 20.4 Å². The first-order valence-electron chi connectivity index (χ1n) is 10.8. The fourth-order valence-corrected chi connectivity index (χ4v) is 3.89. The highest BCUT2D eigenvalue weighted by Crippen LogP contribution is 2.28. The van der Waals surface area contributed by atoms with Gasteiger partial charge in [-0.3, -0.25) is 14.4 Å². The van der Waals surface area contributed by atoms with Crippen LogP contribution in [0, 0.1) is 5.82 Å². The van der Waals surface area contributed by atoms with Crippen LogP contribution in [-0.2, 0) is 9.59 Å². The molecule has 8 heteroatoms. The monoisotopic (exact) mass is 449 g/mol. The molecule has 1 aliphatic heterocycles. The molecular formula is C25H24FN3O4. The van der Waals surface area contributed by atoms with Crippen molar-refractivity contribution in [1.29, 1.82) is 0 Å². The number of fused-ring (bicyclic) bond motifs is 1. The van der Waals surface area contributed by atoms with Crippen LogP contribution in [0.4, 0.5) is 10.1 Å². The second-order valence-corrected chi connectivity index (χ2v) is 7.86. The lowest BCUT2D eigenvalue weighted by atomic mass is 9.93. The Morgan fingerprint density at radius 2 is 1.85 bits per heavy atom. The zero-order valence-electron chi connectivity index (χ0n) is 17.8. The fraction of sp³-hybridized carbons (Fsp3) is 0.240. The van der Waals surface area contributed by atoms with E-state index < -0.39 is 6.04 Å². The van der Waals surface area contributed by atoms with Crippen molar-refractivity contribution in [2.45, 2.75) is 31.2 Å². The highest BCUT2D eigenvalue weighted by molar-refractivity contribution is 6.09. The largest absolute Gasteiger partial charge is 0.469 e. The number of para-hydroxylation sites is 1. The van der Waals surface area contributed by atoms with Crippen LogP contribution in [0.5, 0.6) is 0 Å². The maximum atomic E-state index is 13.3. The van der Waals surface area contributed by atoms with E-state index in [1.54, 1.807) is 48.7 Å². The molecule has 0 aliphatic carbocycles. The van der Waals surface area contributed by atoms with E-state index in [2.05, 4.69) is 16.0 Å². The molecule has 3 aromatic rings. The zero-order valence-corrected chi connectivity index (χ0v) is 17.8. The highest BCUT2D eigenvalue weighted by Gasteiger charge is 2.28. The molecule has 0 fully saturated rings. The second kappa shape index (κ2) is 10.1. The van der Waals surface area contributed by atoms with Crippen molar-refractivity contribution in [1.82, 2.24) is 10.6 Å². The predicted molar refractivity (Wildman–Crippen MR) is 120 cm³/mol. The van der Waals surface area contributed by atoms with Gasteiger partial charge in [0.05, 0.1) is 17.5 Å². The summed E-state index contributed by atoms with van der Waals surface area (Å²) in [6.07, 6.45) is 2.39. The average Bonchev–Trinajstić information content (AvgIpc) is 3.31. The molecule has 1 aromatic heterocycles. The van der Waals surface area contributed by atoms with Crippen LogP contribution in [0.2, 0.25) is 0 Å². The summed E-state index contributed by atoms with van der Waals surface area (Å²) in [6.45, 7) is 0.371. The van der Waals surface area contributed by atoms with Crippen molar-refractivity contribution < 1.29 is 23.2 Å². The van der Waals surface area contributed by atoms with Crippen molar-refractivity contribution >= 4 is 23.4 Å². The van der Waals surface area contributed by atoms with Crippen molar-refractivity contribution in [3.63, 3.8) is 0 Å². The maximum absolute atomic E-state index is 13.3. The van der Waals surface area contributed by atoms with E-state index in [0.29, 0.717) is 24.2 Å². The number of hydrogen-bond acceptors (Lipinski definition) is 4. The quantitative estimate of drug-likeness (QED) is 0.489. The van der Waals surface area contributed by atoms with Crippen LogP contribution in [-0.4, -0.2) is 30.3 Å². The lowest BCUT2D eigenvalue weighted by Crippen LogP contribution is -2.42. The van der Waals surface area contributed by atoms with Gasteiger partial charge in [-0.25, -0.2) is 4.39 Å². The van der Waals surface area contributed by atoms with E-state index in [-0.39, 0.29) is 42.3 Å². The standard InChI is InChI=1S/C25H24FN3O4/c26-17-9-7-16(8-10-17)18(22-6-3-15-33-22)13-14-27-23(30)12-11-21-25(32)28-20-5-2-1-4-19(20)24(31)29-21/h1-10,15,18,21H,11-14H2,(H,27,30)(H,28,32)(H,29,31)/t18-,21-/m1/s1. The molecule has 2 heterocycles. The number of halogens is 1. The van der Waals surface area contributed by atoms with E-state index in [4.69, 9.17) is 4.42 Å². The van der Waals surface area contributed by atoms with Gasteiger partial charge in [-0.15, -0.1) is 0 Å². The summed E-state index contributed by atoms with van der Waals surface area (Å²) in [5.74, 6) is -0.649. The predicted octanol–water partition coefficient (Wildman–Crippen LogP) is 3.59. The minimum atomic E-state index is -0.800. The molecule has 0 saturated carbocycles. The summed E-state index contributed by atoms with van der Waals surface area (Å²) in [5.41, 5.74) is 1.73. The Hall–Kier alpha value is -3.94. The number of carbonyl (C=O) groups is 3. The van der Waals surface area contributed by atoms with Crippen LogP contribution in [0.3, 0.4) is 0 Å². The topological polar surface area (TPSA) is 100 Å². The lowest BCUT2D eigenvalue weighted by molar-refractivity contribution is -0.121. The van der Waals surface area contributed by atoms with Crippen molar-refractivity contribution in [3.8, 4) is 0 Å². The van der Waals surface area contributed by atoms with Gasteiger partial charge in [0.25, 0.3) is 5.91 Å². The van der Waals surface area contributed by atoms with Gasteiger partial charge in [-0.2, -0.15) is 0 Å². The minimum Gasteiger partial charge on any atom is -0.469 e. The van der Waals surface area contributed by atoms with Crippen molar-refractivity contribution in [3.05, 3.63) is 89.6 Å². The Bertz CT molecular complexity index is 1130. The Labute approximate surface area is 190 Å². The molecule has 0 radical (unpaired) electrons. The number of anilines is 1. The van der Waals surface area contributed by atoms with Crippen LogP contribution < -0.4 is 16.0 Å². The summed E-state index contributed by atoms with van der Waals surface area (Å²) in [6, 6.07) is 15.8. The Kier molecular flexibility index (Phi) is 6.83. The molecule has 33 heavy (non-hydrogen) atoms. The van der Waals surface area contributed by atoms with Gasteiger partial charge in [0.1, 0.15) is 17.6 Å². The van der Waals surface area contributed by atoms with Crippen LogP contribution in [0.15, 0.2) is 71.3 Å². The highest BCUT2D eigenvalue weighted by atomic mass is 19.1. The minimum absolute atomic E-state index is 0.0800. The van der Waals surface area contributed by atoms with Gasteiger partial charge >= 0.3 is 0 Å². The molecule has 1 aliphatic rings. The van der Waals surface area contributed by atoms with E-state index in [1.165, 1.54) is 12.1 Å². The third kappa shape index (κ3) is 5.46. The third-order valence-electron chi connectivity index (χ3n) is 5.63. The van der Waals surface area contributed by atoms with Gasteiger partial charge in [-0.05, 0) is 54.8 Å². The molecule has 0 bridgehead atoms. The molecule has 0 unspecified atom stereocenters. The van der Waals surface area contributed by atoms with Gasteiger partial charge in [0, 0.05) is 18.9 Å². The molecule has 3 amide bonds. The lowest BCUT2D eigenvalue weighted by Gasteiger charge is -2.17. The van der Waals surface area contributed by atoms with E-state index in [9.17, 15) is 18.8 Å². The van der Waals surface area contributed by atoms with E-state index in [0.717, 1.165) is 11.3 Å². The number of benzene rings is 2. The summed E-state index contributed by atoms with van der Waals surface area (Å²) >= 11 is 0. The molecule has 0 spiro atoms. The van der Waals surface area contributed by atoms with Crippen LogP contribution in [0.25, 0.3) is 0 Å². The van der Waals surface area contributed by atoms with E-state index >= 15 is 0 Å². The Morgan fingerprint density at radius 3 is 2.61 bits per heavy atom. The first-order chi connectivity index (χ1) is 16.0. The first kappa shape index (κ1) is 22.3. The smallest absolute Gasteiger partial charge is 0.254 e. The maximum Gasteiger partial charge on any atom is 0.254 e. The Morgan fingerprint density at radius 1 is 1.06 bits per heavy atom. The zero-order chi connectivity index (χ0) is 23.2. The van der Waals surface area contributed by atoms with Crippen molar-refractivity contribution in [2.24, 2.45) is 0 Å². The third-order valence-corrected chi connectivity index (χ3v) is 5.63. The van der Waals surface area contributed by atoms with Gasteiger partial charge in [0.15, 0.2) is 0 Å². The van der Waals surface area contributed by atoms with E-state index in [1.807, 2.05) is 6.07 Å². The molecule has 4 rings (SSSR count). The molecule has 2 atom stereocenters. The molecule has 7 nitrogen and oxygen atoms in total. The van der Waals surface area contributed by atoms with Crippen molar-refractivity contribution in [2.75, 3.05) is 11.9 Å². The van der Waals surface area contributed by atoms with Crippen LogP contribution >= 0.6 is 0 Å². The number of furan rings is 1. The molecule has 3 N–H and O–H groups in total. The normalized spacial score (nSPS) is 16.2. The molecular weight excluding hydrogens is 425 g/mol. The second-order valence-electron chi connectivity index (χ2n) is 7.86. The Balaban J connectivity index is 1.29. The molecule has 170 valence electrons. The van der Waals surface area contributed by atoms with Crippen LogP contribution in [0.1, 0.15) is 46.9 Å². The molecule has 2 aromatic carbocycles. The van der Waals surface area contributed by atoms with Gasteiger partial charge in [0.2, 0.25) is 11.8 Å². The van der Waals surface area contributed by atoms with Gasteiger partial charge in [-0.1, -0.05) is 24.3 Å². The summed E-state index contributed by atoms with van der Waals surface area (Å²) in [5, 5.41) is 8.27. The number of amides is 3. The molecule has 0 saturated heterocycles. The average molecular weight is 449 g/mol. The first-order valence-corrected chi connectivity index (χ1v) is 10.8. The summed E-state index contributed by atoms with van der Waals surface area (Å²) < 4.78 is 18.8.